The van der Waals surface area contributed by atoms with Crippen LogP contribution in [0.3, 0.4) is 0 Å². The van der Waals surface area contributed by atoms with Crippen LogP contribution in [0.4, 0.5) is 11.4 Å². The van der Waals surface area contributed by atoms with Crippen molar-refractivity contribution in [1.82, 2.24) is 0 Å². The molecule has 0 saturated carbocycles. The molecular formula is C40H33N. The number of nitrogens with one attached hydrogen (secondary N) is 1. The molecule has 198 valence electrons. The zero-order chi connectivity index (χ0) is 27.9. The number of benzene rings is 6. The molecule has 0 fully saturated rings. The van der Waals surface area contributed by atoms with E-state index in [-0.39, 0.29) is 10.8 Å². The summed E-state index contributed by atoms with van der Waals surface area (Å²) in [6.07, 6.45) is 0. The molecule has 1 heteroatoms. The van der Waals surface area contributed by atoms with Gasteiger partial charge in [-0.25, -0.2) is 0 Å². The lowest BCUT2D eigenvalue weighted by molar-refractivity contribution is 0.641. The Hall–Kier alpha value is -4.88. The van der Waals surface area contributed by atoms with Gasteiger partial charge in [-0.15, -0.1) is 0 Å². The van der Waals surface area contributed by atoms with Crippen molar-refractivity contribution in [2.75, 3.05) is 5.32 Å². The summed E-state index contributed by atoms with van der Waals surface area (Å²) in [4.78, 5) is 0. The molecule has 0 unspecified atom stereocenters. The van der Waals surface area contributed by atoms with Crippen LogP contribution in [0.15, 0.2) is 158 Å². The standard InChI is InChI=1S/C40H33N/c1-39(2,29-13-5-3-6-14-29)30-21-25-33(26-22-30)41-34-27-23-32(24-28-34)40(31-15-7-4-8-16-31)37-19-11-9-17-35(37)36-18-10-12-20-38(36)40/h3-28,41H,1-2H3. The van der Waals surface area contributed by atoms with E-state index in [0.29, 0.717) is 0 Å². The number of rotatable bonds is 6. The van der Waals surface area contributed by atoms with Crippen molar-refractivity contribution in [2.45, 2.75) is 24.7 Å². The maximum Gasteiger partial charge on any atom is 0.0713 e. The summed E-state index contributed by atoms with van der Waals surface area (Å²) in [7, 11) is 0. The second-order valence-corrected chi connectivity index (χ2v) is 11.5. The Morgan fingerprint density at radius 1 is 0.415 bits per heavy atom. The minimum atomic E-state index is -0.363. The summed E-state index contributed by atoms with van der Waals surface area (Å²) in [5.41, 5.74) is 12.2. The van der Waals surface area contributed by atoms with Crippen LogP contribution in [0.5, 0.6) is 0 Å². The minimum Gasteiger partial charge on any atom is -0.356 e. The highest BCUT2D eigenvalue weighted by Crippen LogP contribution is 2.56. The molecule has 6 aromatic rings. The van der Waals surface area contributed by atoms with Crippen LogP contribution in [0.1, 0.15) is 47.2 Å². The van der Waals surface area contributed by atoms with Crippen LogP contribution < -0.4 is 5.32 Å². The molecule has 1 aliphatic carbocycles. The van der Waals surface area contributed by atoms with Crippen molar-refractivity contribution >= 4 is 11.4 Å². The fourth-order valence-corrected chi connectivity index (χ4v) is 6.67. The highest BCUT2D eigenvalue weighted by atomic mass is 14.9. The quantitative estimate of drug-likeness (QED) is 0.227. The average molecular weight is 528 g/mol. The summed E-state index contributed by atoms with van der Waals surface area (Å²) < 4.78 is 0. The number of anilines is 2. The summed E-state index contributed by atoms with van der Waals surface area (Å²) in [5.74, 6) is 0. The maximum absolute atomic E-state index is 3.63. The molecule has 1 N–H and O–H groups in total. The Labute approximate surface area is 243 Å². The number of fused-ring (bicyclic) bond motifs is 3. The van der Waals surface area contributed by atoms with Gasteiger partial charge in [0.25, 0.3) is 0 Å². The Balaban J connectivity index is 1.24. The van der Waals surface area contributed by atoms with Crippen LogP contribution in [0, 0.1) is 0 Å². The minimum absolute atomic E-state index is 0.0545. The fourth-order valence-electron chi connectivity index (χ4n) is 6.67. The van der Waals surface area contributed by atoms with Gasteiger partial charge >= 0.3 is 0 Å². The molecule has 1 aliphatic rings. The van der Waals surface area contributed by atoms with Crippen molar-refractivity contribution in [3.63, 3.8) is 0 Å². The third-order valence-corrected chi connectivity index (χ3v) is 8.87. The van der Waals surface area contributed by atoms with Crippen molar-refractivity contribution in [3.8, 4) is 11.1 Å². The highest BCUT2D eigenvalue weighted by molar-refractivity contribution is 5.86. The normalized spacial score (nSPS) is 13.3. The largest absolute Gasteiger partial charge is 0.356 e. The van der Waals surface area contributed by atoms with E-state index in [1.54, 1.807) is 0 Å². The van der Waals surface area contributed by atoms with E-state index < -0.39 is 0 Å². The predicted octanol–water partition coefficient (Wildman–Crippen LogP) is 10.1. The second-order valence-electron chi connectivity index (χ2n) is 11.5. The second kappa shape index (κ2) is 9.94. The summed E-state index contributed by atoms with van der Waals surface area (Å²) in [5, 5.41) is 3.63. The van der Waals surface area contributed by atoms with E-state index >= 15 is 0 Å². The Morgan fingerprint density at radius 2 is 0.829 bits per heavy atom. The van der Waals surface area contributed by atoms with Crippen LogP contribution in [0.25, 0.3) is 11.1 Å². The van der Waals surface area contributed by atoms with E-state index in [2.05, 4.69) is 177 Å². The van der Waals surface area contributed by atoms with Crippen LogP contribution in [0.2, 0.25) is 0 Å². The first-order valence-corrected chi connectivity index (χ1v) is 14.4. The van der Waals surface area contributed by atoms with Gasteiger partial charge in [-0.05, 0) is 68.8 Å². The molecule has 0 atom stereocenters. The van der Waals surface area contributed by atoms with Crippen molar-refractivity contribution < 1.29 is 0 Å². The van der Waals surface area contributed by atoms with E-state index in [9.17, 15) is 0 Å². The van der Waals surface area contributed by atoms with E-state index in [0.717, 1.165) is 11.4 Å². The smallest absolute Gasteiger partial charge is 0.0713 e. The molecule has 6 aromatic carbocycles. The lowest BCUT2D eigenvalue weighted by Crippen LogP contribution is -2.28. The van der Waals surface area contributed by atoms with Crippen molar-refractivity contribution in [2.24, 2.45) is 0 Å². The zero-order valence-corrected chi connectivity index (χ0v) is 23.5. The molecule has 7 rings (SSSR count). The first kappa shape index (κ1) is 25.1. The van der Waals surface area contributed by atoms with Gasteiger partial charge in [-0.1, -0.05) is 147 Å². The number of hydrogen-bond acceptors (Lipinski definition) is 1. The molecule has 0 spiro atoms. The average Bonchev–Trinajstić information content (AvgIpc) is 3.34. The molecule has 0 radical (unpaired) electrons. The summed E-state index contributed by atoms with van der Waals surface area (Å²) in [6, 6.07) is 57.3. The van der Waals surface area contributed by atoms with Gasteiger partial charge < -0.3 is 5.32 Å². The Bertz CT molecular complexity index is 1750. The third kappa shape index (κ3) is 4.08. The Morgan fingerprint density at radius 3 is 1.39 bits per heavy atom. The first-order chi connectivity index (χ1) is 20.1. The van der Waals surface area contributed by atoms with Crippen molar-refractivity contribution in [3.05, 3.63) is 191 Å². The lowest BCUT2D eigenvalue weighted by atomic mass is 9.68. The molecule has 0 heterocycles. The predicted molar refractivity (Wildman–Crippen MR) is 172 cm³/mol. The maximum atomic E-state index is 3.63. The van der Waals surface area contributed by atoms with Gasteiger partial charge in [0, 0.05) is 16.8 Å². The summed E-state index contributed by atoms with van der Waals surface area (Å²) >= 11 is 0. The summed E-state index contributed by atoms with van der Waals surface area (Å²) in [6.45, 7) is 4.57. The molecule has 1 nitrogen and oxygen atoms in total. The van der Waals surface area contributed by atoms with Gasteiger partial charge in [0.1, 0.15) is 0 Å². The van der Waals surface area contributed by atoms with E-state index in [1.807, 2.05) is 0 Å². The monoisotopic (exact) mass is 527 g/mol. The van der Waals surface area contributed by atoms with Gasteiger partial charge in [0.2, 0.25) is 0 Å². The Kier molecular flexibility index (Phi) is 6.09. The highest BCUT2D eigenvalue weighted by Gasteiger charge is 2.45. The van der Waals surface area contributed by atoms with Crippen LogP contribution in [-0.2, 0) is 10.8 Å². The van der Waals surface area contributed by atoms with Gasteiger partial charge in [0.15, 0.2) is 0 Å². The molecule has 41 heavy (non-hydrogen) atoms. The first-order valence-electron chi connectivity index (χ1n) is 14.4. The van der Waals surface area contributed by atoms with E-state index in [1.165, 1.54) is 44.5 Å². The SMILES string of the molecule is CC(C)(c1ccccc1)c1ccc(Nc2ccc(C3(c4ccccc4)c4ccccc4-c4ccccc43)cc2)cc1. The fraction of sp³-hybridized carbons (Fsp3) is 0.100. The number of hydrogen-bond donors (Lipinski definition) is 1. The van der Waals surface area contributed by atoms with Crippen LogP contribution >= 0.6 is 0 Å². The van der Waals surface area contributed by atoms with Gasteiger partial charge in [0.05, 0.1) is 5.41 Å². The molecule has 0 aromatic heterocycles. The molecule has 0 aliphatic heterocycles. The third-order valence-electron chi connectivity index (χ3n) is 8.87. The van der Waals surface area contributed by atoms with Gasteiger partial charge in [-0.2, -0.15) is 0 Å². The molecular weight excluding hydrogens is 494 g/mol. The van der Waals surface area contributed by atoms with Crippen LogP contribution in [-0.4, -0.2) is 0 Å². The molecule has 0 saturated heterocycles. The molecule has 0 bridgehead atoms. The topological polar surface area (TPSA) is 12.0 Å². The van der Waals surface area contributed by atoms with Crippen molar-refractivity contribution in [1.29, 1.82) is 0 Å². The zero-order valence-electron chi connectivity index (χ0n) is 23.5. The van der Waals surface area contributed by atoms with E-state index in [4.69, 9.17) is 0 Å². The van der Waals surface area contributed by atoms with Gasteiger partial charge in [-0.3, -0.25) is 0 Å². The lowest BCUT2D eigenvalue weighted by Gasteiger charge is -2.34. The molecule has 0 amide bonds.